The summed E-state index contributed by atoms with van der Waals surface area (Å²) in [4.78, 5) is 32.3. The van der Waals surface area contributed by atoms with Crippen LogP contribution in [-0.2, 0) is 9.53 Å². The number of hydrogen-bond donors (Lipinski definition) is 0. The lowest BCUT2D eigenvalue weighted by Gasteiger charge is -2.27. The molecule has 1 fully saturated rings. The summed E-state index contributed by atoms with van der Waals surface area (Å²) in [5.74, 6) is 0.553. The molecule has 0 spiro atoms. The van der Waals surface area contributed by atoms with Gasteiger partial charge in [0.25, 0.3) is 11.6 Å². The fourth-order valence-corrected chi connectivity index (χ4v) is 4.70. The molecule has 11 heteroatoms. The summed E-state index contributed by atoms with van der Waals surface area (Å²) in [6.07, 6.45) is 3.95. The summed E-state index contributed by atoms with van der Waals surface area (Å²) in [7, 11) is 1.62. The minimum atomic E-state index is -0.447. The maximum absolute atomic E-state index is 13.2. The van der Waals surface area contributed by atoms with Crippen LogP contribution in [0.3, 0.4) is 0 Å². The van der Waals surface area contributed by atoms with Crippen LogP contribution < -0.4 is 9.64 Å². The first-order valence-electron chi connectivity index (χ1n) is 11.0. The van der Waals surface area contributed by atoms with Crippen LogP contribution in [0, 0.1) is 10.1 Å². The molecule has 2 aromatic carbocycles. The number of benzene rings is 2. The lowest BCUT2D eigenvalue weighted by Crippen LogP contribution is -2.39. The standard InChI is InChI=1S/C24H26N4O5S.ClH/c1-32-20-8-9-21-22(17-20)34-24(25-21)27(12-2-11-26-13-15-33-16-14-26)23(29)10-5-18-3-6-19(7-4-18)28(30)31;/h3-10,17H,2,11-16H2,1H3;1H/b10-5+;. The van der Waals surface area contributed by atoms with E-state index in [1.54, 1.807) is 30.2 Å². The first-order valence-corrected chi connectivity index (χ1v) is 11.8. The molecule has 186 valence electrons. The Hall–Kier alpha value is -3.05. The third-order valence-corrected chi connectivity index (χ3v) is 6.60. The molecule has 0 saturated carbocycles. The second-order valence-corrected chi connectivity index (χ2v) is 8.82. The zero-order valence-electron chi connectivity index (χ0n) is 19.3. The molecule has 1 saturated heterocycles. The molecule has 1 aliphatic heterocycles. The number of amides is 1. The monoisotopic (exact) mass is 518 g/mol. The number of ether oxygens (including phenoxy) is 2. The number of fused-ring (bicyclic) bond motifs is 1. The van der Waals surface area contributed by atoms with E-state index in [9.17, 15) is 14.9 Å². The highest BCUT2D eigenvalue weighted by atomic mass is 35.5. The summed E-state index contributed by atoms with van der Waals surface area (Å²) < 4.78 is 11.7. The van der Waals surface area contributed by atoms with E-state index in [1.807, 2.05) is 18.2 Å². The molecule has 2 heterocycles. The Bertz CT molecular complexity index is 1180. The van der Waals surface area contributed by atoms with E-state index in [2.05, 4.69) is 9.88 Å². The normalized spacial score (nSPS) is 14.1. The van der Waals surface area contributed by atoms with Crippen molar-refractivity contribution in [3.8, 4) is 5.75 Å². The molecule has 0 unspecified atom stereocenters. The van der Waals surface area contributed by atoms with Crippen molar-refractivity contribution in [1.29, 1.82) is 0 Å². The van der Waals surface area contributed by atoms with Gasteiger partial charge in [-0.25, -0.2) is 4.98 Å². The average molecular weight is 519 g/mol. The van der Waals surface area contributed by atoms with Crippen molar-refractivity contribution in [3.05, 3.63) is 64.2 Å². The number of halogens is 1. The number of carbonyl (C=O) groups is 1. The largest absolute Gasteiger partial charge is 0.497 e. The van der Waals surface area contributed by atoms with E-state index in [4.69, 9.17) is 9.47 Å². The number of nitro groups is 1. The van der Waals surface area contributed by atoms with E-state index in [1.165, 1.54) is 29.5 Å². The molecule has 1 aliphatic rings. The number of morpholine rings is 1. The number of anilines is 1. The molecule has 0 radical (unpaired) electrons. The fraction of sp³-hybridized carbons (Fsp3) is 0.333. The Morgan fingerprint density at radius 2 is 2.00 bits per heavy atom. The van der Waals surface area contributed by atoms with E-state index < -0.39 is 4.92 Å². The second kappa shape index (κ2) is 12.6. The van der Waals surface area contributed by atoms with Crippen LogP contribution in [0.15, 0.2) is 48.5 Å². The highest BCUT2D eigenvalue weighted by molar-refractivity contribution is 7.22. The highest BCUT2D eigenvalue weighted by Gasteiger charge is 2.19. The summed E-state index contributed by atoms with van der Waals surface area (Å²) >= 11 is 1.45. The number of nitrogens with zero attached hydrogens (tertiary/aromatic N) is 4. The fourth-order valence-electron chi connectivity index (χ4n) is 3.68. The van der Waals surface area contributed by atoms with Crippen LogP contribution in [-0.4, -0.2) is 67.2 Å². The first kappa shape index (κ1) is 26.6. The van der Waals surface area contributed by atoms with Crippen LogP contribution in [0.25, 0.3) is 16.3 Å². The van der Waals surface area contributed by atoms with Crippen molar-refractivity contribution >= 4 is 56.8 Å². The number of carbonyl (C=O) groups excluding carboxylic acids is 1. The minimum Gasteiger partial charge on any atom is -0.497 e. The van der Waals surface area contributed by atoms with E-state index in [0.717, 1.165) is 55.2 Å². The molecule has 1 aromatic heterocycles. The summed E-state index contributed by atoms with van der Waals surface area (Å²) in [5.41, 5.74) is 1.53. The zero-order chi connectivity index (χ0) is 23.9. The van der Waals surface area contributed by atoms with Gasteiger partial charge < -0.3 is 9.47 Å². The lowest BCUT2D eigenvalue weighted by molar-refractivity contribution is -0.384. The van der Waals surface area contributed by atoms with E-state index in [0.29, 0.717) is 17.2 Å². The van der Waals surface area contributed by atoms with Crippen molar-refractivity contribution in [2.24, 2.45) is 0 Å². The van der Waals surface area contributed by atoms with Crippen LogP contribution >= 0.6 is 23.7 Å². The van der Waals surface area contributed by atoms with Gasteiger partial charge in [-0.3, -0.25) is 24.7 Å². The predicted octanol–water partition coefficient (Wildman–Crippen LogP) is 4.40. The van der Waals surface area contributed by atoms with Gasteiger partial charge in [-0.2, -0.15) is 0 Å². The van der Waals surface area contributed by atoms with Crippen molar-refractivity contribution in [3.63, 3.8) is 0 Å². The summed E-state index contributed by atoms with van der Waals surface area (Å²) in [5, 5.41) is 11.5. The van der Waals surface area contributed by atoms with Crippen LogP contribution in [0.4, 0.5) is 10.8 Å². The van der Waals surface area contributed by atoms with E-state index >= 15 is 0 Å². The lowest BCUT2D eigenvalue weighted by atomic mass is 10.2. The van der Waals surface area contributed by atoms with Crippen LogP contribution in [0.5, 0.6) is 5.75 Å². The zero-order valence-corrected chi connectivity index (χ0v) is 20.9. The molecular weight excluding hydrogens is 492 g/mol. The predicted molar refractivity (Wildman–Crippen MR) is 140 cm³/mol. The highest BCUT2D eigenvalue weighted by Crippen LogP contribution is 2.32. The van der Waals surface area contributed by atoms with Gasteiger partial charge in [0.05, 0.1) is 35.5 Å². The number of rotatable bonds is 9. The van der Waals surface area contributed by atoms with E-state index in [-0.39, 0.29) is 24.0 Å². The number of thiazole rings is 1. The third-order valence-electron chi connectivity index (χ3n) is 5.56. The Kier molecular flexibility index (Phi) is 9.55. The van der Waals surface area contributed by atoms with Gasteiger partial charge in [0, 0.05) is 44.4 Å². The van der Waals surface area contributed by atoms with Gasteiger partial charge in [-0.1, -0.05) is 11.3 Å². The molecular formula is C24H27ClN4O5S. The van der Waals surface area contributed by atoms with Crippen molar-refractivity contribution < 1.29 is 19.2 Å². The molecule has 4 rings (SSSR count). The Morgan fingerprint density at radius 1 is 1.26 bits per heavy atom. The number of nitro benzene ring substituents is 1. The van der Waals surface area contributed by atoms with Gasteiger partial charge in [-0.15, -0.1) is 12.4 Å². The van der Waals surface area contributed by atoms with Gasteiger partial charge >= 0.3 is 0 Å². The Labute approximate surface area is 213 Å². The molecule has 0 N–H and O–H groups in total. The van der Waals surface area contributed by atoms with Crippen molar-refractivity contribution in [1.82, 2.24) is 9.88 Å². The van der Waals surface area contributed by atoms with Crippen LogP contribution in [0.1, 0.15) is 12.0 Å². The van der Waals surface area contributed by atoms with Crippen molar-refractivity contribution in [2.45, 2.75) is 6.42 Å². The van der Waals surface area contributed by atoms with Gasteiger partial charge in [0.1, 0.15) is 5.75 Å². The topological polar surface area (TPSA) is 98.0 Å². The molecule has 35 heavy (non-hydrogen) atoms. The Balaban J connectivity index is 0.00000342. The summed E-state index contributed by atoms with van der Waals surface area (Å²) in [6.45, 7) is 4.67. The molecule has 0 atom stereocenters. The molecule has 0 bridgehead atoms. The SMILES string of the molecule is COc1ccc2nc(N(CCCN3CCOCC3)C(=O)/C=C/c3ccc([N+](=O)[O-])cc3)sc2c1.Cl. The maximum atomic E-state index is 13.2. The number of aromatic nitrogens is 1. The number of non-ortho nitro benzene ring substituents is 1. The van der Waals surface area contributed by atoms with Gasteiger partial charge in [-0.05, 0) is 48.4 Å². The quantitative estimate of drug-likeness (QED) is 0.235. The van der Waals surface area contributed by atoms with Gasteiger partial charge in [0.2, 0.25) is 0 Å². The maximum Gasteiger partial charge on any atom is 0.269 e. The second-order valence-electron chi connectivity index (χ2n) is 7.81. The Morgan fingerprint density at radius 3 is 2.69 bits per heavy atom. The molecule has 3 aromatic rings. The molecule has 0 aliphatic carbocycles. The summed E-state index contributed by atoms with van der Waals surface area (Å²) in [6, 6.07) is 11.7. The average Bonchev–Trinajstić information content (AvgIpc) is 3.29. The number of methoxy groups -OCH3 is 1. The smallest absolute Gasteiger partial charge is 0.269 e. The third kappa shape index (κ3) is 6.98. The first-order chi connectivity index (χ1) is 16.5. The van der Waals surface area contributed by atoms with Crippen LogP contribution in [0.2, 0.25) is 0 Å². The number of hydrogen-bond acceptors (Lipinski definition) is 8. The molecule has 1 amide bonds. The van der Waals surface area contributed by atoms with Gasteiger partial charge in [0.15, 0.2) is 5.13 Å². The van der Waals surface area contributed by atoms with Crippen molar-refractivity contribution in [2.75, 3.05) is 51.4 Å². The minimum absolute atomic E-state index is 0. The molecule has 9 nitrogen and oxygen atoms in total.